The molecular formula is C28H30ClFN2O2S. The molecule has 3 rings (SSSR count). The zero-order chi connectivity index (χ0) is 25.0. The number of nitrogens with zero attached hydrogens (tertiary/aromatic N) is 1. The molecule has 35 heavy (non-hydrogen) atoms. The molecule has 0 aromatic heterocycles. The average molecular weight is 513 g/mol. The molecule has 0 aliphatic heterocycles. The highest BCUT2D eigenvalue weighted by Gasteiger charge is 2.30. The summed E-state index contributed by atoms with van der Waals surface area (Å²) < 4.78 is 13.5. The van der Waals surface area contributed by atoms with Crippen LogP contribution in [-0.2, 0) is 28.3 Å². The molecule has 0 bridgehead atoms. The number of halogens is 2. The predicted octanol–water partition coefficient (Wildman–Crippen LogP) is 5.88. The summed E-state index contributed by atoms with van der Waals surface area (Å²) in [4.78, 5) is 28.4. The minimum atomic E-state index is -0.692. The normalized spacial score (nSPS) is 11.6. The molecule has 1 N–H and O–H groups in total. The van der Waals surface area contributed by atoms with Crippen LogP contribution in [0.3, 0.4) is 0 Å². The molecule has 3 aromatic carbocycles. The Bertz CT molecular complexity index is 1100. The van der Waals surface area contributed by atoms with E-state index in [4.69, 9.17) is 11.6 Å². The molecule has 0 spiro atoms. The maximum atomic E-state index is 13.5. The van der Waals surface area contributed by atoms with Crippen molar-refractivity contribution in [1.82, 2.24) is 10.2 Å². The number of carbonyl (C=O) groups is 2. The first-order valence-corrected chi connectivity index (χ1v) is 13.2. The van der Waals surface area contributed by atoms with Crippen molar-refractivity contribution >= 4 is 35.2 Å². The van der Waals surface area contributed by atoms with Gasteiger partial charge in [-0.2, -0.15) is 0 Å². The predicted molar refractivity (Wildman–Crippen MR) is 142 cm³/mol. The van der Waals surface area contributed by atoms with Gasteiger partial charge < -0.3 is 10.2 Å². The summed E-state index contributed by atoms with van der Waals surface area (Å²) in [6, 6.07) is 22.6. The van der Waals surface area contributed by atoms with Gasteiger partial charge >= 0.3 is 0 Å². The van der Waals surface area contributed by atoms with Gasteiger partial charge in [-0.15, -0.1) is 11.8 Å². The van der Waals surface area contributed by atoms with E-state index in [-0.39, 0.29) is 29.9 Å². The first-order valence-electron chi connectivity index (χ1n) is 11.6. The first kappa shape index (κ1) is 26.8. The molecular weight excluding hydrogens is 483 g/mol. The molecule has 184 valence electrons. The van der Waals surface area contributed by atoms with Gasteiger partial charge in [0.25, 0.3) is 0 Å². The van der Waals surface area contributed by atoms with Gasteiger partial charge in [0.2, 0.25) is 11.8 Å². The lowest BCUT2D eigenvalue weighted by molar-refractivity contribution is -0.139. The highest BCUT2D eigenvalue weighted by molar-refractivity contribution is 7.99. The fourth-order valence-electron chi connectivity index (χ4n) is 3.65. The van der Waals surface area contributed by atoms with Crippen molar-refractivity contribution in [3.8, 4) is 0 Å². The molecule has 0 aliphatic carbocycles. The Balaban J connectivity index is 1.83. The minimum Gasteiger partial charge on any atom is -0.354 e. The van der Waals surface area contributed by atoms with Crippen LogP contribution >= 0.6 is 23.4 Å². The van der Waals surface area contributed by atoms with Gasteiger partial charge in [-0.1, -0.05) is 79.2 Å². The van der Waals surface area contributed by atoms with E-state index in [2.05, 4.69) is 5.32 Å². The number of benzene rings is 3. The van der Waals surface area contributed by atoms with Crippen molar-refractivity contribution in [2.45, 2.75) is 38.1 Å². The fourth-order valence-corrected chi connectivity index (χ4v) is 4.85. The second-order valence-corrected chi connectivity index (χ2v) is 9.62. The number of thioether (sulfide) groups is 1. The molecule has 7 heteroatoms. The summed E-state index contributed by atoms with van der Waals surface area (Å²) in [7, 11) is 0. The summed E-state index contributed by atoms with van der Waals surface area (Å²) in [6.45, 7) is 2.73. The van der Waals surface area contributed by atoms with E-state index in [0.29, 0.717) is 23.7 Å². The zero-order valence-corrected chi connectivity index (χ0v) is 21.3. The Morgan fingerprint density at radius 1 is 0.971 bits per heavy atom. The number of rotatable bonds is 12. The SMILES string of the molecule is CCCNC(=O)[C@@H](Cc1ccccc1)N(Cc1ccc(F)cc1)C(=O)CSCc1ccccc1Cl. The van der Waals surface area contributed by atoms with E-state index in [0.717, 1.165) is 23.1 Å². The Kier molecular flexibility index (Phi) is 10.6. The van der Waals surface area contributed by atoms with Crippen molar-refractivity contribution in [2.75, 3.05) is 12.3 Å². The quantitative estimate of drug-likeness (QED) is 0.330. The van der Waals surface area contributed by atoms with Crippen LogP contribution in [0.4, 0.5) is 4.39 Å². The monoisotopic (exact) mass is 512 g/mol. The smallest absolute Gasteiger partial charge is 0.243 e. The molecule has 0 heterocycles. The molecule has 4 nitrogen and oxygen atoms in total. The molecule has 0 saturated carbocycles. The van der Waals surface area contributed by atoms with Gasteiger partial charge in [0.15, 0.2) is 0 Å². The van der Waals surface area contributed by atoms with Gasteiger partial charge in [0.1, 0.15) is 11.9 Å². The van der Waals surface area contributed by atoms with E-state index in [9.17, 15) is 14.0 Å². The Hall–Kier alpha value is -2.83. The molecule has 0 radical (unpaired) electrons. The lowest BCUT2D eigenvalue weighted by atomic mass is 10.0. The van der Waals surface area contributed by atoms with Crippen LogP contribution in [0, 0.1) is 5.82 Å². The third-order valence-corrected chi connectivity index (χ3v) is 6.86. The first-order chi connectivity index (χ1) is 17.0. The van der Waals surface area contributed by atoms with Crippen molar-refractivity contribution in [3.63, 3.8) is 0 Å². The molecule has 0 aliphatic rings. The maximum Gasteiger partial charge on any atom is 0.243 e. The Morgan fingerprint density at radius 2 is 1.66 bits per heavy atom. The van der Waals surface area contributed by atoms with Crippen molar-refractivity contribution in [3.05, 3.63) is 106 Å². The van der Waals surface area contributed by atoms with Gasteiger partial charge in [0.05, 0.1) is 5.75 Å². The average Bonchev–Trinajstić information content (AvgIpc) is 2.87. The van der Waals surface area contributed by atoms with Gasteiger partial charge in [-0.05, 0) is 41.3 Å². The molecule has 0 fully saturated rings. The zero-order valence-electron chi connectivity index (χ0n) is 19.8. The van der Waals surface area contributed by atoms with Crippen LogP contribution in [0.2, 0.25) is 5.02 Å². The third kappa shape index (κ3) is 8.41. The topological polar surface area (TPSA) is 49.4 Å². The standard InChI is InChI=1S/C28H30ClFN2O2S/c1-2-16-31-28(34)26(17-21-8-4-3-5-9-21)32(18-22-12-14-24(30)15-13-22)27(33)20-35-19-23-10-6-7-11-25(23)29/h3-15,26H,2,16-20H2,1H3,(H,31,34)/t26-/m1/s1. The Morgan fingerprint density at radius 3 is 2.34 bits per heavy atom. The van der Waals surface area contributed by atoms with Crippen LogP contribution in [0.5, 0.6) is 0 Å². The largest absolute Gasteiger partial charge is 0.354 e. The fraction of sp³-hybridized carbons (Fsp3) is 0.286. The van der Waals surface area contributed by atoms with Gasteiger partial charge in [0, 0.05) is 30.3 Å². The van der Waals surface area contributed by atoms with Crippen LogP contribution in [0.1, 0.15) is 30.0 Å². The summed E-state index contributed by atoms with van der Waals surface area (Å²) in [5, 5.41) is 3.62. The minimum absolute atomic E-state index is 0.154. The van der Waals surface area contributed by atoms with E-state index in [1.807, 2.05) is 61.5 Å². The number of hydrogen-bond donors (Lipinski definition) is 1. The lowest BCUT2D eigenvalue weighted by Gasteiger charge is -2.31. The number of amides is 2. The maximum absolute atomic E-state index is 13.5. The number of nitrogens with one attached hydrogen (secondary N) is 1. The molecule has 1 atom stereocenters. The highest BCUT2D eigenvalue weighted by atomic mass is 35.5. The van der Waals surface area contributed by atoms with Crippen molar-refractivity contribution in [1.29, 1.82) is 0 Å². The van der Waals surface area contributed by atoms with Crippen molar-refractivity contribution < 1.29 is 14.0 Å². The summed E-state index contributed by atoms with van der Waals surface area (Å²) >= 11 is 7.72. The van der Waals surface area contributed by atoms with Crippen LogP contribution < -0.4 is 5.32 Å². The second kappa shape index (κ2) is 13.9. The second-order valence-electron chi connectivity index (χ2n) is 8.23. The molecule has 0 saturated heterocycles. The third-order valence-electron chi connectivity index (χ3n) is 5.53. The van der Waals surface area contributed by atoms with E-state index >= 15 is 0 Å². The van der Waals surface area contributed by atoms with Crippen LogP contribution in [-0.4, -0.2) is 35.1 Å². The summed E-state index contributed by atoms with van der Waals surface area (Å²) in [6.07, 6.45) is 1.18. The molecule has 0 unspecified atom stereocenters. The van der Waals surface area contributed by atoms with Crippen molar-refractivity contribution in [2.24, 2.45) is 0 Å². The van der Waals surface area contributed by atoms with Gasteiger partial charge in [-0.3, -0.25) is 9.59 Å². The van der Waals surface area contributed by atoms with Crippen LogP contribution in [0.15, 0.2) is 78.9 Å². The molecule has 2 amide bonds. The van der Waals surface area contributed by atoms with E-state index in [1.54, 1.807) is 17.0 Å². The Labute approximate surface area is 215 Å². The molecule has 3 aromatic rings. The van der Waals surface area contributed by atoms with E-state index in [1.165, 1.54) is 23.9 Å². The highest BCUT2D eigenvalue weighted by Crippen LogP contribution is 2.22. The summed E-state index contributed by atoms with van der Waals surface area (Å²) in [5.74, 6) is 0.0876. The number of carbonyl (C=O) groups excluding carboxylic acids is 2. The summed E-state index contributed by atoms with van der Waals surface area (Å²) in [5.41, 5.74) is 2.68. The van der Waals surface area contributed by atoms with E-state index < -0.39 is 6.04 Å². The lowest BCUT2D eigenvalue weighted by Crippen LogP contribution is -2.51. The van der Waals surface area contributed by atoms with Gasteiger partial charge in [-0.25, -0.2) is 4.39 Å². The van der Waals surface area contributed by atoms with Crippen LogP contribution in [0.25, 0.3) is 0 Å². The number of hydrogen-bond acceptors (Lipinski definition) is 3.